The zero-order valence-corrected chi connectivity index (χ0v) is 14.1. The van der Waals surface area contributed by atoms with Gasteiger partial charge in [0, 0.05) is 12.8 Å². The van der Waals surface area contributed by atoms with Crippen LogP contribution in [-0.2, 0) is 23.9 Å². The van der Waals surface area contributed by atoms with Crippen molar-refractivity contribution in [3.05, 3.63) is 35.5 Å². The van der Waals surface area contributed by atoms with Crippen molar-refractivity contribution in [2.24, 2.45) is 5.92 Å². The topological polar surface area (TPSA) is 118 Å². The average molecular weight is 350 g/mol. The first kappa shape index (κ1) is 20.3. The van der Waals surface area contributed by atoms with Crippen molar-refractivity contribution in [1.29, 1.82) is 0 Å². The van der Waals surface area contributed by atoms with Crippen LogP contribution in [0, 0.1) is 5.92 Å². The molecular weight excluding hydrogens is 328 g/mol. The maximum Gasteiger partial charge on any atom is 0.335 e. The van der Waals surface area contributed by atoms with Crippen molar-refractivity contribution in [2.45, 2.75) is 45.4 Å². The lowest BCUT2D eigenvalue weighted by Crippen LogP contribution is -2.23. The predicted octanol–water partition coefficient (Wildman–Crippen LogP) is 2.62. The Morgan fingerprint density at radius 1 is 1.16 bits per heavy atom. The van der Waals surface area contributed by atoms with E-state index in [4.69, 9.17) is 14.9 Å². The molecule has 1 aliphatic rings. The molecule has 2 N–H and O–H groups in total. The normalized spacial score (nSPS) is 17.9. The molecule has 1 rings (SSSR count). The quantitative estimate of drug-likeness (QED) is 0.373. The summed E-state index contributed by atoms with van der Waals surface area (Å²) >= 11 is 0. The predicted molar refractivity (Wildman–Crippen MR) is 88.5 cm³/mol. The second-order valence-corrected chi connectivity index (χ2v) is 5.63. The van der Waals surface area contributed by atoms with Gasteiger partial charge in [0.25, 0.3) is 0 Å². The van der Waals surface area contributed by atoms with E-state index >= 15 is 0 Å². The fraction of sp³-hybridized carbons (Fsp3) is 0.444. The largest absolute Gasteiger partial charge is 0.481 e. The standard InChI is InChI=1S/C18H22O7/c1-2-3-6-12-11-13(17(22)23)9-10-14(12)18(24)25-16(21)8-5-4-7-15(19)20/h6,9-11,14H,2-5,7-8H2,1H3,(H,19,20)(H,22,23). The van der Waals surface area contributed by atoms with Crippen LogP contribution in [0.25, 0.3) is 0 Å². The van der Waals surface area contributed by atoms with Crippen LogP contribution in [0.2, 0.25) is 0 Å². The number of hydrogen-bond acceptors (Lipinski definition) is 5. The molecule has 0 spiro atoms. The lowest BCUT2D eigenvalue weighted by Gasteiger charge is -2.17. The molecule has 0 bridgehead atoms. The summed E-state index contributed by atoms with van der Waals surface area (Å²) < 4.78 is 4.81. The number of carbonyl (C=O) groups excluding carboxylic acids is 2. The number of unbranched alkanes of at least 4 members (excludes halogenated alkanes) is 2. The van der Waals surface area contributed by atoms with Crippen molar-refractivity contribution in [1.82, 2.24) is 0 Å². The third kappa shape index (κ3) is 7.15. The van der Waals surface area contributed by atoms with Crippen LogP contribution >= 0.6 is 0 Å². The van der Waals surface area contributed by atoms with Crippen molar-refractivity contribution in [2.75, 3.05) is 0 Å². The Kier molecular flexibility index (Phi) is 8.32. The molecule has 0 heterocycles. The van der Waals surface area contributed by atoms with E-state index in [1.807, 2.05) is 6.92 Å². The average Bonchev–Trinajstić information content (AvgIpc) is 2.56. The summed E-state index contributed by atoms with van der Waals surface area (Å²) in [5, 5.41) is 17.6. The molecule has 0 saturated heterocycles. The van der Waals surface area contributed by atoms with Crippen molar-refractivity contribution in [3.8, 4) is 0 Å². The highest BCUT2D eigenvalue weighted by atomic mass is 16.6. The highest BCUT2D eigenvalue weighted by Crippen LogP contribution is 2.25. The van der Waals surface area contributed by atoms with Crippen LogP contribution in [0.15, 0.2) is 35.5 Å². The Morgan fingerprint density at radius 2 is 1.84 bits per heavy atom. The number of esters is 2. The van der Waals surface area contributed by atoms with Gasteiger partial charge in [-0.05, 0) is 30.9 Å². The van der Waals surface area contributed by atoms with Gasteiger partial charge in [0.05, 0.1) is 5.57 Å². The van der Waals surface area contributed by atoms with E-state index < -0.39 is 29.8 Å². The number of hydrogen-bond donors (Lipinski definition) is 2. The molecule has 0 aromatic rings. The fourth-order valence-corrected chi connectivity index (χ4v) is 2.25. The second kappa shape index (κ2) is 10.2. The number of aliphatic carboxylic acids is 2. The molecule has 0 aromatic heterocycles. The van der Waals surface area contributed by atoms with Crippen molar-refractivity contribution < 1.29 is 34.1 Å². The first-order valence-corrected chi connectivity index (χ1v) is 8.14. The lowest BCUT2D eigenvalue weighted by atomic mass is 9.90. The molecule has 0 saturated carbocycles. The molecule has 0 fully saturated rings. The summed E-state index contributed by atoms with van der Waals surface area (Å²) in [7, 11) is 0. The highest BCUT2D eigenvalue weighted by Gasteiger charge is 2.26. The van der Waals surface area contributed by atoms with Gasteiger partial charge >= 0.3 is 23.9 Å². The van der Waals surface area contributed by atoms with E-state index in [0.29, 0.717) is 24.8 Å². The van der Waals surface area contributed by atoms with Gasteiger partial charge in [-0.1, -0.05) is 31.6 Å². The second-order valence-electron chi connectivity index (χ2n) is 5.63. The molecule has 0 aromatic carbocycles. The minimum absolute atomic E-state index is 0.0420. The van der Waals surface area contributed by atoms with Crippen LogP contribution in [-0.4, -0.2) is 34.1 Å². The van der Waals surface area contributed by atoms with Gasteiger partial charge in [-0.15, -0.1) is 0 Å². The van der Waals surface area contributed by atoms with E-state index in [1.165, 1.54) is 18.2 Å². The molecule has 25 heavy (non-hydrogen) atoms. The Bertz CT molecular complexity index is 625. The molecular formula is C18H22O7. The fourth-order valence-electron chi connectivity index (χ4n) is 2.25. The number of rotatable bonds is 9. The first-order valence-electron chi connectivity index (χ1n) is 8.14. The van der Waals surface area contributed by atoms with Crippen LogP contribution in [0.4, 0.5) is 0 Å². The van der Waals surface area contributed by atoms with E-state index in [1.54, 1.807) is 6.08 Å². The number of carboxylic acids is 2. The summed E-state index contributed by atoms with van der Waals surface area (Å²) in [4.78, 5) is 45.3. The summed E-state index contributed by atoms with van der Waals surface area (Å²) in [5.74, 6) is -4.34. The number of carboxylic acid groups (broad SMARTS) is 2. The molecule has 0 amide bonds. The zero-order chi connectivity index (χ0) is 18.8. The molecule has 1 aliphatic carbocycles. The third-order valence-corrected chi connectivity index (χ3v) is 3.56. The van der Waals surface area contributed by atoms with Gasteiger partial charge in [-0.25, -0.2) is 4.79 Å². The van der Waals surface area contributed by atoms with Gasteiger partial charge in [0.15, 0.2) is 0 Å². The summed E-state index contributed by atoms with van der Waals surface area (Å²) in [6, 6.07) is 0. The zero-order valence-electron chi connectivity index (χ0n) is 14.1. The van der Waals surface area contributed by atoms with E-state index in [-0.39, 0.29) is 18.4 Å². The Hall–Kier alpha value is -2.70. The van der Waals surface area contributed by atoms with E-state index in [0.717, 1.165) is 6.42 Å². The van der Waals surface area contributed by atoms with Crippen LogP contribution in [0.3, 0.4) is 0 Å². The monoisotopic (exact) mass is 350 g/mol. The Labute approximate surface area is 145 Å². The minimum atomic E-state index is -1.10. The van der Waals surface area contributed by atoms with Crippen molar-refractivity contribution >= 4 is 23.9 Å². The van der Waals surface area contributed by atoms with Crippen LogP contribution in [0.1, 0.15) is 45.4 Å². The summed E-state index contributed by atoms with van der Waals surface area (Å²) in [5.41, 5.74) is 0.553. The molecule has 7 nitrogen and oxygen atoms in total. The number of allylic oxidation sites excluding steroid dienone is 2. The molecule has 1 unspecified atom stereocenters. The smallest absolute Gasteiger partial charge is 0.335 e. The minimum Gasteiger partial charge on any atom is -0.481 e. The van der Waals surface area contributed by atoms with Gasteiger partial charge in [0.1, 0.15) is 5.92 Å². The van der Waals surface area contributed by atoms with Gasteiger partial charge in [-0.3, -0.25) is 14.4 Å². The van der Waals surface area contributed by atoms with E-state index in [9.17, 15) is 19.2 Å². The maximum absolute atomic E-state index is 12.2. The van der Waals surface area contributed by atoms with Gasteiger partial charge in [-0.2, -0.15) is 0 Å². The lowest BCUT2D eigenvalue weighted by molar-refractivity contribution is -0.161. The molecule has 1 atom stereocenters. The Balaban J connectivity index is 2.66. The van der Waals surface area contributed by atoms with Gasteiger partial charge < -0.3 is 14.9 Å². The summed E-state index contributed by atoms with van der Waals surface area (Å²) in [6.45, 7) is 1.95. The molecule has 7 heteroatoms. The van der Waals surface area contributed by atoms with Gasteiger partial charge in [0.2, 0.25) is 0 Å². The molecule has 136 valence electrons. The third-order valence-electron chi connectivity index (χ3n) is 3.56. The van der Waals surface area contributed by atoms with Crippen LogP contribution in [0.5, 0.6) is 0 Å². The summed E-state index contributed by atoms with van der Waals surface area (Å²) in [6.07, 6.45) is 7.94. The number of ether oxygens (including phenoxy) is 1. The maximum atomic E-state index is 12.2. The Morgan fingerprint density at radius 3 is 2.44 bits per heavy atom. The van der Waals surface area contributed by atoms with E-state index in [2.05, 4.69) is 0 Å². The van der Waals surface area contributed by atoms with Crippen molar-refractivity contribution in [3.63, 3.8) is 0 Å². The number of carbonyl (C=O) groups is 4. The first-order chi connectivity index (χ1) is 11.8. The van der Waals surface area contributed by atoms with Crippen LogP contribution < -0.4 is 0 Å². The highest BCUT2D eigenvalue weighted by molar-refractivity contribution is 5.94. The SMILES string of the molecule is CCCC=C1C=C(C(=O)O)C=CC1C(=O)OC(=O)CCCCC(=O)O. The molecule has 0 aliphatic heterocycles. The molecule has 0 radical (unpaired) electrons.